The topological polar surface area (TPSA) is 29.5 Å². The number of piperidine rings is 1. The number of hydrogen-bond donors (Lipinski definition) is 0. The van der Waals surface area contributed by atoms with Crippen LogP contribution in [0.25, 0.3) is 0 Å². The number of carbonyl (C=O) groups excluding carboxylic acids is 1. The SMILES string of the molecule is COC1CC2N(C)C(=O)CC[C@]2(C)[C@H]2CC[C@]3(C)[C@@H]([C@H](C)CCCC(C)C)CC[C@H]3[C@H]12. The van der Waals surface area contributed by atoms with Gasteiger partial charge in [-0.2, -0.15) is 0 Å². The lowest BCUT2D eigenvalue weighted by Crippen LogP contribution is -2.65. The van der Waals surface area contributed by atoms with E-state index in [0.717, 1.165) is 42.9 Å². The monoisotopic (exact) mass is 431 g/mol. The van der Waals surface area contributed by atoms with Crippen LogP contribution < -0.4 is 0 Å². The number of rotatable bonds is 6. The Balaban J connectivity index is 1.56. The van der Waals surface area contributed by atoms with Crippen LogP contribution in [0.4, 0.5) is 0 Å². The number of fused-ring (bicyclic) bond motifs is 5. The van der Waals surface area contributed by atoms with E-state index in [1.807, 2.05) is 7.11 Å². The van der Waals surface area contributed by atoms with Crippen molar-refractivity contribution in [3.8, 4) is 0 Å². The maximum Gasteiger partial charge on any atom is 0.222 e. The molecule has 3 nitrogen and oxygen atoms in total. The molecule has 9 atom stereocenters. The highest BCUT2D eigenvalue weighted by atomic mass is 16.5. The molecule has 4 aliphatic rings. The van der Waals surface area contributed by atoms with E-state index in [1.165, 1.54) is 44.9 Å². The van der Waals surface area contributed by atoms with Gasteiger partial charge in [0.15, 0.2) is 0 Å². The standard InChI is InChI=1S/C28H49NO2/c1-18(2)9-8-10-19(3)20-11-12-21-26-22(13-15-27(20,21)4)28(5)16-14-25(30)29(6)24(28)17-23(26)31-7/h18-24,26H,8-17H2,1-7H3/t19-,20-,21+,22+,23?,24?,26+,27-,28-/m1/s1. The molecule has 2 unspecified atom stereocenters. The van der Waals surface area contributed by atoms with Gasteiger partial charge >= 0.3 is 0 Å². The summed E-state index contributed by atoms with van der Waals surface area (Å²) in [7, 11) is 3.98. The fourth-order valence-corrected chi connectivity index (χ4v) is 9.33. The van der Waals surface area contributed by atoms with Crippen molar-refractivity contribution in [2.75, 3.05) is 14.2 Å². The summed E-state index contributed by atoms with van der Waals surface area (Å²) in [5, 5.41) is 0. The van der Waals surface area contributed by atoms with E-state index >= 15 is 0 Å². The highest BCUT2D eigenvalue weighted by Crippen LogP contribution is 2.67. The number of amides is 1. The molecule has 0 N–H and O–H groups in total. The second-order valence-corrected chi connectivity index (χ2v) is 12.9. The van der Waals surface area contributed by atoms with E-state index in [2.05, 4.69) is 46.6 Å². The van der Waals surface area contributed by atoms with Crippen LogP contribution in [0, 0.1) is 46.3 Å². The van der Waals surface area contributed by atoms with Gasteiger partial charge in [-0.3, -0.25) is 4.79 Å². The van der Waals surface area contributed by atoms with Crippen molar-refractivity contribution in [1.29, 1.82) is 0 Å². The molecule has 178 valence electrons. The molecule has 0 spiro atoms. The van der Waals surface area contributed by atoms with Gasteiger partial charge in [0.25, 0.3) is 0 Å². The van der Waals surface area contributed by atoms with Crippen LogP contribution in [0.3, 0.4) is 0 Å². The lowest BCUT2D eigenvalue weighted by molar-refractivity contribution is -0.186. The molecular formula is C28H49NO2. The predicted octanol–water partition coefficient (Wildman–Crippen LogP) is 6.55. The highest BCUT2D eigenvalue weighted by molar-refractivity contribution is 5.77. The number of ether oxygens (including phenoxy) is 1. The second kappa shape index (κ2) is 8.65. The van der Waals surface area contributed by atoms with Gasteiger partial charge in [0.2, 0.25) is 5.91 Å². The largest absolute Gasteiger partial charge is 0.381 e. The maximum absolute atomic E-state index is 12.5. The van der Waals surface area contributed by atoms with Crippen molar-refractivity contribution < 1.29 is 9.53 Å². The number of carbonyl (C=O) groups is 1. The third kappa shape index (κ3) is 3.79. The Morgan fingerprint density at radius 1 is 1.03 bits per heavy atom. The van der Waals surface area contributed by atoms with E-state index in [-0.39, 0.29) is 5.41 Å². The lowest BCUT2D eigenvalue weighted by atomic mass is 9.45. The molecule has 3 aliphatic carbocycles. The van der Waals surface area contributed by atoms with E-state index < -0.39 is 0 Å². The first-order chi connectivity index (χ1) is 14.6. The molecule has 0 bridgehead atoms. The number of likely N-dealkylation sites (tertiary alicyclic amines) is 1. The fourth-order valence-electron chi connectivity index (χ4n) is 9.33. The molecule has 1 amide bonds. The quantitative estimate of drug-likeness (QED) is 0.477. The van der Waals surface area contributed by atoms with E-state index in [9.17, 15) is 4.79 Å². The summed E-state index contributed by atoms with van der Waals surface area (Å²) in [5.74, 6) is 5.08. The first-order valence-corrected chi connectivity index (χ1v) is 13.4. The Bertz CT molecular complexity index is 661. The first-order valence-electron chi connectivity index (χ1n) is 13.4. The zero-order valence-corrected chi connectivity index (χ0v) is 21.5. The molecule has 0 aromatic carbocycles. The van der Waals surface area contributed by atoms with Gasteiger partial charge in [-0.15, -0.1) is 0 Å². The molecule has 0 aromatic heterocycles. The minimum absolute atomic E-state index is 0.269. The Hall–Kier alpha value is -0.570. The van der Waals surface area contributed by atoms with Gasteiger partial charge in [-0.05, 0) is 84.9 Å². The van der Waals surface area contributed by atoms with E-state index in [0.29, 0.717) is 35.3 Å². The van der Waals surface area contributed by atoms with Crippen molar-refractivity contribution in [2.24, 2.45) is 46.3 Å². The van der Waals surface area contributed by atoms with Crippen LogP contribution in [-0.4, -0.2) is 37.1 Å². The van der Waals surface area contributed by atoms with Gasteiger partial charge in [-0.25, -0.2) is 0 Å². The molecule has 31 heavy (non-hydrogen) atoms. The number of methoxy groups -OCH3 is 1. The second-order valence-electron chi connectivity index (χ2n) is 12.9. The molecule has 1 heterocycles. The molecule has 4 fully saturated rings. The van der Waals surface area contributed by atoms with Crippen molar-refractivity contribution in [2.45, 2.75) is 111 Å². The van der Waals surface area contributed by atoms with Gasteiger partial charge in [-0.1, -0.05) is 53.9 Å². The van der Waals surface area contributed by atoms with Gasteiger partial charge in [0.05, 0.1) is 6.10 Å². The van der Waals surface area contributed by atoms with Crippen molar-refractivity contribution in [1.82, 2.24) is 4.90 Å². The van der Waals surface area contributed by atoms with E-state index in [4.69, 9.17) is 4.74 Å². The zero-order valence-electron chi connectivity index (χ0n) is 21.5. The third-order valence-corrected chi connectivity index (χ3v) is 11.1. The van der Waals surface area contributed by atoms with Gasteiger partial charge in [0.1, 0.15) is 0 Å². The number of hydrogen-bond acceptors (Lipinski definition) is 2. The summed E-state index contributed by atoms with van der Waals surface area (Å²) in [4.78, 5) is 14.6. The highest BCUT2D eigenvalue weighted by Gasteiger charge is 2.64. The smallest absolute Gasteiger partial charge is 0.222 e. The molecule has 3 heteroatoms. The van der Waals surface area contributed by atoms with Crippen molar-refractivity contribution >= 4 is 5.91 Å². The van der Waals surface area contributed by atoms with Crippen LogP contribution in [0.5, 0.6) is 0 Å². The van der Waals surface area contributed by atoms with Crippen LogP contribution in [0.1, 0.15) is 98.8 Å². The Labute approximate surface area is 192 Å². The van der Waals surface area contributed by atoms with Crippen LogP contribution >= 0.6 is 0 Å². The minimum Gasteiger partial charge on any atom is -0.381 e. The summed E-state index contributed by atoms with van der Waals surface area (Å²) < 4.78 is 6.24. The summed E-state index contributed by atoms with van der Waals surface area (Å²) >= 11 is 0. The van der Waals surface area contributed by atoms with Gasteiger partial charge < -0.3 is 9.64 Å². The third-order valence-electron chi connectivity index (χ3n) is 11.1. The molecule has 3 saturated carbocycles. The molecule has 0 aromatic rings. The maximum atomic E-state index is 12.5. The average Bonchev–Trinajstić information content (AvgIpc) is 3.08. The Kier molecular flexibility index (Phi) is 6.58. The Morgan fingerprint density at radius 2 is 1.74 bits per heavy atom. The minimum atomic E-state index is 0.269. The lowest BCUT2D eigenvalue weighted by Gasteiger charge is -2.63. The van der Waals surface area contributed by atoms with Crippen molar-refractivity contribution in [3.63, 3.8) is 0 Å². The van der Waals surface area contributed by atoms with E-state index in [1.54, 1.807) is 0 Å². The van der Waals surface area contributed by atoms with Crippen LogP contribution in [0.15, 0.2) is 0 Å². The molecule has 0 radical (unpaired) electrons. The molecule has 1 saturated heterocycles. The summed E-state index contributed by atoms with van der Waals surface area (Å²) in [6.45, 7) is 12.4. The fraction of sp³-hybridized carbons (Fsp3) is 0.964. The summed E-state index contributed by atoms with van der Waals surface area (Å²) in [6, 6.07) is 0.358. The summed E-state index contributed by atoms with van der Waals surface area (Å²) in [5.41, 5.74) is 0.749. The van der Waals surface area contributed by atoms with Crippen LogP contribution in [0.2, 0.25) is 0 Å². The Morgan fingerprint density at radius 3 is 2.42 bits per heavy atom. The normalized spacial score (nSPS) is 45.9. The van der Waals surface area contributed by atoms with Crippen molar-refractivity contribution in [3.05, 3.63) is 0 Å². The molecule has 1 aliphatic heterocycles. The van der Waals surface area contributed by atoms with Gasteiger partial charge in [0, 0.05) is 26.6 Å². The average molecular weight is 432 g/mol. The molecule has 4 rings (SSSR count). The first kappa shape index (κ1) is 23.6. The van der Waals surface area contributed by atoms with Crippen LogP contribution in [-0.2, 0) is 9.53 Å². The summed E-state index contributed by atoms with van der Waals surface area (Å²) in [6.07, 6.45) is 12.9. The molecular weight excluding hydrogens is 382 g/mol. The number of nitrogens with zero attached hydrogens (tertiary/aromatic N) is 1. The predicted molar refractivity (Wildman–Crippen MR) is 128 cm³/mol. The zero-order chi connectivity index (χ0) is 22.6.